The summed E-state index contributed by atoms with van der Waals surface area (Å²) in [6, 6.07) is 4.28. The second kappa shape index (κ2) is 6.04. The molecule has 0 bridgehead atoms. The first kappa shape index (κ1) is 14.5. The number of benzene rings is 1. The Kier molecular flexibility index (Phi) is 4.39. The van der Waals surface area contributed by atoms with Crippen molar-refractivity contribution in [1.82, 2.24) is 4.90 Å². The van der Waals surface area contributed by atoms with Crippen LogP contribution in [-0.2, 0) is 4.79 Å². The summed E-state index contributed by atoms with van der Waals surface area (Å²) in [6.45, 7) is 0.872. The van der Waals surface area contributed by atoms with Gasteiger partial charge in [-0.2, -0.15) is 0 Å². The van der Waals surface area contributed by atoms with Crippen LogP contribution in [0.15, 0.2) is 18.2 Å². The van der Waals surface area contributed by atoms with E-state index in [1.54, 1.807) is 6.07 Å². The Morgan fingerprint density at radius 2 is 2.00 bits per heavy atom. The second-order valence-electron chi connectivity index (χ2n) is 4.39. The van der Waals surface area contributed by atoms with Crippen molar-refractivity contribution >= 4 is 28.9 Å². The van der Waals surface area contributed by atoms with Gasteiger partial charge in [0, 0.05) is 38.3 Å². The van der Waals surface area contributed by atoms with Crippen LogP contribution in [-0.4, -0.2) is 48.6 Å². The quantitative estimate of drug-likeness (QED) is 0.631. The molecule has 0 saturated carbocycles. The molecule has 20 heavy (non-hydrogen) atoms. The summed E-state index contributed by atoms with van der Waals surface area (Å²) in [6.07, 6.45) is 0. The molecule has 0 spiro atoms. The molecule has 0 atom stereocenters. The van der Waals surface area contributed by atoms with Crippen molar-refractivity contribution in [3.63, 3.8) is 0 Å². The third kappa shape index (κ3) is 2.98. The third-order valence-electron chi connectivity index (χ3n) is 3.23. The van der Waals surface area contributed by atoms with Crippen molar-refractivity contribution in [2.75, 3.05) is 37.8 Å². The highest BCUT2D eigenvalue weighted by molar-refractivity contribution is 6.33. The number of hydrogen-bond acceptors (Lipinski definition) is 4. The van der Waals surface area contributed by atoms with Crippen LogP contribution >= 0.6 is 11.6 Å². The van der Waals surface area contributed by atoms with E-state index in [1.165, 1.54) is 17.0 Å². The van der Waals surface area contributed by atoms with Crippen LogP contribution in [0.1, 0.15) is 0 Å². The molecule has 0 aliphatic carbocycles. The van der Waals surface area contributed by atoms with E-state index in [1.807, 2.05) is 4.90 Å². The van der Waals surface area contributed by atoms with E-state index in [0.717, 1.165) is 0 Å². The Hall–Kier alpha value is -1.89. The molecule has 1 heterocycles. The Bertz CT molecular complexity index is 533. The predicted octanol–water partition coefficient (Wildman–Crippen LogP) is 1.87. The summed E-state index contributed by atoms with van der Waals surface area (Å²) >= 11 is 6.05. The smallest absolute Gasteiger partial charge is 0.271 e. The van der Waals surface area contributed by atoms with Crippen LogP contribution in [0.5, 0.6) is 0 Å². The van der Waals surface area contributed by atoms with E-state index < -0.39 is 17.5 Å². The zero-order valence-corrected chi connectivity index (χ0v) is 11.3. The lowest BCUT2D eigenvalue weighted by molar-refractivity contribution is -0.384. The average molecular weight is 302 g/mol. The molecule has 108 valence electrons. The zero-order chi connectivity index (χ0) is 14.7. The molecule has 1 amide bonds. The lowest BCUT2D eigenvalue weighted by atomic mass is 10.2. The standard InChI is InChI=1S/C12H13ClFN3O3/c13-10-7-9(17(19)20)1-2-11(10)15-3-5-16(6-4-15)12(18)8-14/h1-2,7H,3-6,8H2. The van der Waals surface area contributed by atoms with E-state index in [9.17, 15) is 19.3 Å². The fourth-order valence-corrected chi connectivity index (χ4v) is 2.44. The minimum atomic E-state index is -0.988. The molecule has 1 fully saturated rings. The maximum atomic E-state index is 12.3. The van der Waals surface area contributed by atoms with Gasteiger partial charge in [0.1, 0.15) is 0 Å². The first-order chi connectivity index (χ1) is 9.52. The van der Waals surface area contributed by atoms with Crippen molar-refractivity contribution in [3.05, 3.63) is 33.3 Å². The summed E-state index contributed by atoms with van der Waals surface area (Å²) < 4.78 is 12.3. The number of nitrogens with zero attached hydrogens (tertiary/aromatic N) is 3. The summed E-state index contributed by atoms with van der Waals surface area (Å²) in [5.74, 6) is -0.514. The van der Waals surface area contributed by atoms with Gasteiger partial charge >= 0.3 is 0 Å². The summed E-state index contributed by atoms with van der Waals surface area (Å²) in [5.41, 5.74) is 0.620. The average Bonchev–Trinajstić information content (AvgIpc) is 2.46. The molecule has 1 saturated heterocycles. The van der Waals surface area contributed by atoms with Gasteiger partial charge < -0.3 is 9.80 Å². The fraction of sp³-hybridized carbons (Fsp3) is 0.417. The van der Waals surface area contributed by atoms with Crippen molar-refractivity contribution in [3.8, 4) is 0 Å². The van der Waals surface area contributed by atoms with E-state index in [0.29, 0.717) is 36.9 Å². The number of carbonyl (C=O) groups is 1. The van der Waals surface area contributed by atoms with Crippen molar-refractivity contribution in [2.24, 2.45) is 0 Å². The molecule has 1 aromatic carbocycles. The Labute approximate surface area is 119 Å². The van der Waals surface area contributed by atoms with Crippen molar-refractivity contribution in [2.45, 2.75) is 0 Å². The highest BCUT2D eigenvalue weighted by Gasteiger charge is 2.22. The first-order valence-corrected chi connectivity index (χ1v) is 6.43. The number of non-ortho nitro benzene ring substituents is 1. The summed E-state index contributed by atoms with van der Waals surface area (Å²) in [5, 5.41) is 10.9. The number of nitro groups is 1. The Morgan fingerprint density at radius 3 is 2.50 bits per heavy atom. The van der Waals surface area contributed by atoms with E-state index in [2.05, 4.69) is 0 Å². The highest BCUT2D eigenvalue weighted by Crippen LogP contribution is 2.30. The number of anilines is 1. The Morgan fingerprint density at radius 1 is 1.35 bits per heavy atom. The molecule has 1 aliphatic rings. The minimum absolute atomic E-state index is 0.0648. The van der Waals surface area contributed by atoms with Gasteiger partial charge in [-0.3, -0.25) is 14.9 Å². The normalized spacial score (nSPS) is 15.3. The first-order valence-electron chi connectivity index (χ1n) is 6.05. The highest BCUT2D eigenvalue weighted by atomic mass is 35.5. The van der Waals surface area contributed by atoms with E-state index >= 15 is 0 Å². The predicted molar refractivity (Wildman–Crippen MR) is 72.9 cm³/mol. The van der Waals surface area contributed by atoms with E-state index in [4.69, 9.17) is 11.6 Å². The molecule has 1 aromatic rings. The number of nitro benzene ring substituents is 1. The van der Waals surface area contributed by atoms with Crippen LogP contribution in [0, 0.1) is 10.1 Å². The number of carbonyl (C=O) groups excluding carboxylic acids is 1. The van der Waals surface area contributed by atoms with Gasteiger partial charge in [0.15, 0.2) is 6.67 Å². The SMILES string of the molecule is O=C(CF)N1CCN(c2ccc([N+](=O)[O-])cc2Cl)CC1. The molecule has 0 unspecified atom stereocenters. The van der Waals surface area contributed by atoms with Gasteiger partial charge in [-0.25, -0.2) is 4.39 Å². The van der Waals surface area contributed by atoms with Crippen LogP contribution < -0.4 is 4.90 Å². The molecular weight excluding hydrogens is 289 g/mol. The second-order valence-corrected chi connectivity index (χ2v) is 4.80. The molecule has 8 heteroatoms. The van der Waals surface area contributed by atoms with Gasteiger partial charge in [0.2, 0.25) is 0 Å². The molecule has 0 N–H and O–H groups in total. The Balaban J connectivity index is 2.07. The topological polar surface area (TPSA) is 66.7 Å². The number of amides is 1. The molecule has 1 aliphatic heterocycles. The van der Waals surface area contributed by atoms with Gasteiger partial charge in [0.05, 0.1) is 15.6 Å². The fourth-order valence-electron chi connectivity index (χ4n) is 2.15. The largest absolute Gasteiger partial charge is 0.367 e. The number of hydrogen-bond donors (Lipinski definition) is 0. The molecular formula is C12H13ClFN3O3. The van der Waals surface area contributed by atoms with Crippen molar-refractivity contribution < 1.29 is 14.1 Å². The van der Waals surface area contributed by atoms with Crippen molar-refractivity contribution in [1.29, 1.82) is 0 Å². The zero-order valence-electron chi connectivity index (χ0n) is 10.6. The monoisotopic (exact) mass is 301 g/mol. The summed E-state index contributed by atoms with van der Waals surface area (Å²) in [7, 11) is 0. The van der Waals surface area contributed by atoms with Crippen LogP contribution in [0.4, 0.5) is 15.8 Å². The molecule has 0 radical (unpaired) electrons. The van der Waals surface area contributed by atoms with Crippen LogP contribution in [0.2, 0.25) is 5.02 Å². The lowest BCUT2D eigenvalue weighted by Gasteiger charge is -2.36. The van der Waals surface area contributed by atoms with Gasteiger partial charge in [0.25, 0.3) is 11.6 Å². The maximum Gasteiger partial charge on any atom is 0.271 e. The van der Waals surface area contributed by atoms with Crippen LogP contribution in [0.3, 0.4) is 0 Å². The number of piperazine rings is 1. The number of halogens is 2. The number of rotatable bonds is 3. The number of alkyl halides is 1. The lowest BCUT2D eigenvalue weighted by Crippen LogP contribution is -2.49. The third-order valence-corrected chi connectivity index (χ3v) is 3.53. The maximum absolute atomic E-state index is 12.3. The van der Waals surface area contributed by atoms with Gasteiger partial charge in [-0.15, -0.1) is 0 Å². The summed E-state index contributed by atoms with van der Waals surface area (Å²) in [4.78, 5) is 24.7. The van der Waals surface area contributed by atoms with Crippen LogP contribution in [0.25, 0.3) is 0 Å². The van der Waals surface area contributed by atoms with Gasteiger partial charge in [-0.05, 0) is 6.07 Å². The molecule has 2 rings (SSSR count). The minimum Gasteiger partial charge on any atom is -0.367 e. The van der Waals surface area contributed by atoms with E-state index in [-0.39, 0.29) is 5.69 Å². The molecule has 6 nitrogen and oxygen atoms in total. The van der Waals surface area contributed by atoms with Gasteiger partial charge in [-0.1, -0.05) is 11.6 Å². The molecule has 0 aromatic heterocycles.